The van der Waals surface area contributed by atoms with E-state index in [4.69, 9.17) is 28.2 Å². The van der Waals surface area contributed by atoms with Crippen LogP contribution in [0.4, 0.5) is 19.3 Å². The SMILES string of the molecule is Cc1nc2c(F)c(-c3cccc(Cl)c3Cl)c(CCC#N)cc2c2c1cc(C(C)N1CCCN(c3ccc(F)cc3)C1=O)n2C1C2CNC1C2. The fourth-order valence-electron chi connectivity index (χ4n) is 8.29. The average molecular weight is 700 g/mol. The van der Waals surface area contributed by atoms with Gasteiger partial charge in [0.05, 0.1) is 33.7 Å². The lowest BCUT2D eigenvalue weighted by Crippen LogP contribution is -2.51. The van der Waals surface area contributed by atoms with Gasteiger partial charge in [0, 0.05) is 71.1 Å². The number of hydrogen-bond acceptors (Lipinski definition) is 4. The smallest absolute Gasteiger partial charge is 0.325 e. The summed E-state index contributed by atoms with van der Waals surface area (Å²) >= 11 is 13.0. The maximum atomic E-state index is 17.0. The van der Waals surface area contributed by atoms with Crippen molar-refractivity contribution in [2.24, 2.45) is 5.92 Å². The third-order valence-electron chi connectivity index (χ3n) is 10.7. The van der Waals surface area contributed by atoms with Crippen LogP contribution in [0.2, 0.25) is 10.0 Å². The number of aromatic nitrogens is 2. The van der Waals surface area contributed by atoms with E-state index in [0.717, 1.165) is 36.0 Å². The topological polar surface area (TPSA) is 77.2 Å². The minimum absolute atomic E-state index is 0.126. The molecule has 250 valence electrons. The quantitative estimate of drug-likeness (QED) is 0.184. The molecule has 3 aliphatic heterocycles. The van der Waals surface area contributed by atoms with Gasteiger partial charge in [-0.1, -0.05) is 35.3 Å². The third-order valence-corrected chi connectivity index (χ3v) is 11.5. The summed E-state index contributed by atoms with van der Waals surface area (Å²) in [4.78, 5) is 22.5. The number of urea groups is 1. The van der Waals surface area contributed by atoms with E-state index in [1.54, 1.807) is 35.2 Å². The Labute approximate surface area is 293 Å². The van der Waals surface area contributed by atoms with Gasteiger partial charge in [-0.25, -0.2) is 18.6 Å². The van der Waals surface area contributed by atoms with Crippen molar-refractivity contribution < 1.29 is 13.6 Å². The van der Waals surface area contributed by atoms with Gasteiger partial charge in [-0.2, -0.15) is 5.26 Å². The first-order valence-electron chi connectivity index (χ1n) is 16.7. The summed E-state index contributed by atoms with van der Waals surface area (Å²) < 4.78 is 33.1. The number of anilines is 1. The number of aryl methyl sites for hydroxylation is 2. The number of amides is 2. The van der Waals surface area contributed by atoms with Gasteiger partial charge < -0.3 is 14.8 Å². The number of halogens is 4. The summed E-state index contributed by atoms with van der Waals surface area (Å²) in [5.41, 5.74) is 4.83. The number of carbonyl (C=O) groups is 1. The van der Waals surface area contributed by atoms with Crippen LogP contribution in [0.1, 0.15) is 55.2 Å². The fraction of sp³-hybridized carbons (Fsp3) is 0.342. The van der Waals surface area contributed by atoms with Gasteiger partial charge in [0.1, 0.15) is 11.3 Å². The molecule has 1 N–H and O–H groups in total. The zero-order chi connectivity index (χ0) is 34.1. The van der Waals surface area contributed by atoms with E-state index in [9.17, 15) is 14.4 Å². The predicted octanol–water partition coefficient (Wildman–Crippen LogP) is 9.13. The molecule has 1 saturated carbocycles. The highest BCUT2D eigenvalue weighted by molar-refractivity contribution is 6.43. The number of rotatable bonds is 7. The molecule has 3 saturated heterocycles. The standard InChI is InChI=1S/C38H34Cl2F2N6O/c1-20-27-18-31(21(2)46-14-5-15-47(38(46)49)25-11-9-24(41)10-12-25)48(36-23-17-30(36)44-19-23)37(27)28-16-22(6-4-13-43)32(34(42)35(28)45-20)26-7-3-8-29(39)33(26)40/h3,7-12,16,18,21,23,30,36,44H,4-6,14-15,17,19H2,1-2H3. The molecule has 4 fully saturated rings. The molecule has 2 amide bonds. The maximum absolute atomic E-state index is 17.0. The van der Waals surface area contributed by atoms with E-state index in [0.29, 0.717) is 63.9 Å². The minimum atomic E-state index is -0.502. The molecule has 9 rings (SSSR count). The van der Waals surface area contributed by atoms with Crippen molar-refractivity contribution in [2.75, 3.05) is 24.5 Å². The summed E-state index contributed by atoms with van der Waals surface area (Å²) in [5.74, 6) is -0.453. The molecular weight excluding hydrogens is 665 g/mol. The molecule has 3 aromatic carbocycles. The van der Waals surface area contributed by atoms with E-state index in [1.165, 1.54) is 12.1 Å². The van der Waals surface area contributed by atoms with Gasteiger partial charge in [0.25, 0.3) is 0 Å². The normalized spacial score (nSPS) is 21.0. The Morgan fingerprint density at radius 1 is 1.10 bits per heavy atom. The molecular formula is C38H34Cl2F2N6O. The van der Waals surface area contributed by atoms with Gasteiger partial charge in [-0.15, -0.1) is 0 Å². The minimum Gasteiger partial charge on any atom is -0.337 e. The van der Waals surface area contributed by atoms with Crippen molar-refractivity contribution in [2.45, 2.75) is 57.7 Å². The number of benzene rings is 3. The predicted molar refractivity (Wildman–Crippen MR) is 189 cm³/mol. The molecule has 5 aromatic rings. The molecule has 4 atom stereocenters. The van der Waals surface area contributed by atoms with Gasteiger partial charge >= 0.3 is 6.03 Å². The number of hydrogen-bond donors (Lipinski definition) is 1. The zero-order valence-corrected chi connectivity index (χ0v) is 28.6. The summed E-state index contributed by atoms with van der Waals surface area (Å²) in [5, 5.41) is 15.3. The fourth-order valence-corrected chi connectivity index (χ4v) is 8.68. The number of nitrogens with one attached hydrogen (secondary N) is 1. The van der Waals surface area contributed by atoms with Crippen LogP contribution >= 0.6 is 23.2 Å². The first-order valence-corrected chi connectivity index (χ1v) is 17.5. The highest BCUT2D eigenvalue weighted by Gasteiger charge is 2.49. The summed E-state index contributed by atoms with van der Waals surface area (Å²) in [6, 6.07) is 17.4. The largest absolute Gasteiger partial charge is 0.337 e. The van der Waals surface area contributed by atoms with Crippen LogP contribution in [0.3, 0.4) is 0 Å². The van der Waals surface area contributed by atoms with Gasteiger partial charge in [-0.3, -0.25) is 4.90 Å². The summed E-state index contributed by atoms with van der Waals surface area (Å²) in [7, 11) is 0. The Balaban J connectivity index is 1.34. The van der Waals surface area contributed by atoms with E-state index in [1.807, 2.05) is 24.8 Å². The van der Waals surface area contributed by atoms with Crippen molar-refractivity contribution in [3.8, 4) is 17.2 Å². The number of carbonyl (C=O) groups excluding carboxylic acids is 1. The molecule has 0 radical (unpaired) electrons. The Bertz CT molecular complexity index is 2180. The molecule has 1 aliphatic carbocycles. The summed E-state index contributed by atoms with van der Waals surface area (Å²) in [6.07, 6.45) is 2.33. The molecule has 0 spiro atoms. The highest BCUT2D eigenvalue weighted by Crippen LogP contribution is 2.50. The van der Waals surface area contributed by atoms with Crippen molar-refractivity contribution in [1.82, 2.24) is 19.8 Å². The van der Waals surface area contributed by atoms with Crippen molar-refractivity contribution >= 4 is 56.7 Å². The Kier molecular flexibility index (Phi) is 8.02. The highest BCUT2D eigenvalue weighted by atomic mass is 35.5. The molecule has 49 heavy (non-hydrogen) atoms. The zero-order valence-electron chi connectivity index (χ0n) is 27.1. The van der Waals surface area contributed by atoms with Gasteiger partial charge in [-0.05, 0) is 87.1 Å². The van der Waals surface area contributed by atoms with E-state index in [2.05, 4.69) is 22.0 Å². The second-order valence-electron chi connectivity index (χ2n) is 13.4. The molecule has 5 heterocycles. The van der Waals surface area contributed by atoms with Crippen LogP contribution in [-0.2, 0) is 6.42 Å². The molecule has 2 aromatic heterocycles. The molecule has 7 nitrogen and oxygen atoms in total. The lowest BCUT2D eigenvalue weighted by molar-refractivity contribution is 0.165. The molecule has 4 aliphatic rings. The van der Waals surface area contributed by atoms with Gasteiger partial charge in [0.15, 0.2) is 5.82 Å². The Morgan fingerprint density at radius 3 is 2.61 bits per heavy atom. The van der Waals surface area contributed by atoms with Crippen LogP contribution < -0.4 is 10.2 Å². The average Bonchev–Trinajstić information content (AvgIpc) is 3.83. The van der Waals surface area contributed by atoms with Crippen LogP contribution in [-0.4, -0.2) is 46.2 Å². The molecule has 4 unspecified atom stereocenters. The van der Waals surface area contributed by atoms with Crippen LogP contribution in [0, 0.1) is 35.8 Å². The Hall–Kier alpha value is -4.23. The van der Waals surface area contributed by atoms with Crippen molar-refractivity contribution in [3.63, 3.8) is 0 Å². The second kappa shape index (κ2) is 12.3. The number of nitrogens with zero attached hydrogens (tertiary/aromatic N) is 5. The van der Waals surface area contributed by atoms with E-state index in [-0.39, 0.29) is 46.9 Å². The van der Waals surface area contributed by atoms with Gasteiger partial charge in [0.2, 0.25) is 0 Å². The van der Waals surface area contributed by atoms with E-state index < -0.39 is 5.82 Å². The second-order valence-corrected chi connectivity index (χ2v) is 14.2. The third kappa shape index (κ3) is 5.07. The van der Waals surface area contributed by atoms with Crippen LogP contribution in [0.5, 0.6) is 0 Å². The maximum Gasteiger partial charge on any atom is 0.325 e. The van der Waals surface area contributed by atoms with Crippen molar-refractivity contribution in [1.29, 1.82) is 5.26 Å². The molecule has 11 heteroatoms. The first kappa shape index (κ1) is 32.0. The van der Waals surface area contributed by atoms with Crippen LogP contribution in [0.25, 0.3) is 32.9 Å². The first-order chi connectivity index (χ1) is 23.7. The monoisotopic (exact) mass is 698 g/mol. The summed E-state index contributed by atoms with van der Waals surface area (Å²) in [6.45, 7) is 5.96. The van der Waals surface area contributed by atoms with Crippen molar-refractivity contribution in [3.05, 3.63) is 93.2 Å². The number of fused-ring (bicyclic) bond motifs is 4. The number of nitriles is 1. The lowest BCUT2D eigenvalue weighted by atomic mass is 9.79. The Morgan fingerprint density at radius 2 is 1.90 bits per heavy atom. The van der Waals surface area contributed by atoms with E-state index >= 15 is 4.39 Å². The number of pyridine rings is 1. The lowest BCUT2D eigenvalue weighted by Gasteiger charge is -2.42. The van der Waals surface area contributed by atoms with Crippen LogP contribution in [0.15, 0.2) is 54.6 Å². The molecule has 2 bridgehead atoms.